The van der Waals surface area contributed by atoms with Crippen molar-refractivity contribution in [2.45, 2.75) is 39.0 Å². The summed E-state index contributed by atoms with van der Waals surface area (Å²) in [5.41, 5.74) is 1.09. The third kappa shape index (κ3) is 2.07. The third-order valence-corrected chi connectivity index (χ3v) is 18.7. The number of rotatable bonds is 4. The SMILES string of the molecule is CC(C)P(Br)(c1ccccc1)(c1ccccc1)C(C)C. The van der Waals surface area contributed by atoms with Crippen molar-refractivity contribution in [3.63, 3.8) is 0 Å². The van der Waals surface area contributed by atoms with Gasteiger partial charge in [0.1, 0.15) is 0 Å². The summed E-state index contributed by atoms with van der Waals surface area (Å²) >= 11 is 4.37. The molecule has 0 N–H and O–H groups in total. The van der Waals surface area contributed by atoms with Gasteiger partial charge in [0.05, 0.1) is 0 Å². The summed E-state index contributed by atoms with van der Waals surface area (Å²) in [5, 5.41) is 0.517. The Morgan fingerprint density at radius 3 is 1.20 bits per heavy atom. The van der Waals surface area contributed by atoms with Crippen LogP contribution < -0.4 is 10.6 Å². The van der Waals surface area contributed by atoms with E-state index in [0.717, 1.165) is 0 Å². The molecule has 0 saturated heterocycles. The molecule has 0 spiro atoms. The molecule has 2 aromatic carbocycles. The van der Waals surface area contributed by atoms with Crippen LogP contribution >= 0.6 is 20.8 Å². The maximum atomic E-state index is 4.37. The predicted octanol–water partition coefficient (Wildman–Crippen LogP) is 5.32. The molecular formula is C18H24BrP. The fourth-order valence-corrected chi connectivity index (χ4v) is 10.3. The molecule has 0 nitrogen and oxygen atoms in total. The van der Waals surface area contributed by atoms with Crippen LogP contribution in [0.3, 0.4) is 0 Å². The van der Waals surface area contributed by atoms with E-state index in [1.165, 1.54) is 10.6 Å². The van der Waals surface area contributed by atoms with Crippen LogP contribution in [0.15, 0.2) is 60.7 Å². The molecular weight excluding hydrogens is 327 g/mol. The van der Waals surface area contributed by atoms with Crippen molar-refractivity contribution in [3.05, 3.63) is 60.7 Å². The van der Waals surface area contributed by atoms with Gasteiger partial charge in [-0.1, -0.05) is 0 Å². The van der Waals surface area contributed by atoms with E-state index in [4.69, 9.17) is 0 Å². The van der Waals surface area contributed by atoms with Crippen molar-refractivity contribution in [1.29, 1.82) is 0 Å². The second-order valence-electron chi connectivity index (χ2n) is 6.00. The van der Waals surface area contributed by atoms with Crippen molar-refractivity contribution >= 4 is 31.4 Å². The van der Waals surface area contributed by atoms with Crippen LogP contribution in [0.4, 0.5) is 0 Å². The first-order chi connectivity index (χ1) is 9.42. The van der Waals surface area contributed by atoms with Gasteiger partial charge in [0.2, 0.25) is 0 Å². The topological polar surface area (TPSA) is 0 Å². The third-order valence-electron chi connectivity index (χ3n) is 4.58. The number of halogens is 1. The van der Waals surface area contributed by atoms with Crippen molar-refractivity contribution in [3.8, 4) is 0 Å². The van der Waals surface area contributed by atoms with E-state index in [9.17, 15) is 0 Å². The average molecular weight is 351 g/mol. The van der Waals surface area contributed by atoms with Gasteiger partial charge in [0, 0.05) is 0 Å². The molecule has 2 rings (SSSR count). The minimum absolute atomic E-state index is 0.547. The molecule has 2 heteroatoms. The van der Waals surface area contributed by atoms with Crippen LogP contribution in [0, 0.1) is 0 Å². The monoisotopic (exact) mass is 350 g/mol. The standard InChI is InChI=1S/C18H24BrP/c1-15(2)20(19,16(3)4,17-11-7-5-8-12-17)18-13-9-6-10-14-18/h5-16H,1-4H3. The molecule has 0 saturated carbocycles. The Balaban J connectivity index is 2.86. The number of benzene rings is 2. The average Bonchev–Trinajstić information content (AvgIpc) is 2.48. The molecule has 108 valence electrons. The van der Waals surface area contributed by atoms with Gasteiger partial charge in [-0.15, -0.1) is 0 Å². The van der Waals surface area contributed by atoms with E-state index in [2.05, 4.69) is 104 Å². The molecule has 0 aromatic heterocycles. The molecule has 2 aromatic rings. The normalized spacial score (nSPS) is 14.2. The summed E-state index contributed by atoms with van der Waals surface area (Å²) in [6.45, 7) is 9.41. The molecule has 0 aliphatic heterocycles. The van der Waals surface area contributed by atoms with Crippen molar-refractivity contribution in [2.75, 3.05) is 0 Å². The molecule has 0 radical (unpaired) electrons. The first-order valence-corrected chi connectivity index (χ1v) is 11.7. The van der Waals surface area contributed by atoms with E-state index in [-0.39, 0.29) is 0 Å². The van der Waals surface area contributed by atoms with Gasteiger partial charge in [-0.25, -0.2) is 0 Å². The van der Waals surface area contributed by atoms with Gasteiger partial charge in [-0.3, -0.25) is 0 Å². The molecule has 0 unspecified atom stereocenters. The number of hydrogen-bond acceptors (Lipinski definition) is 0. The van der Waals surface area contributed by atoms with Crippen molar-refractivity contribution in [1.82, 2.24) is 0 Å². The van der Waals surface area contributed by atoms with Gasteiger partial charge in [0.15, 0.2) is 0 Å². The molecule has 0 amide bonds. The van der Waals surface area contributed by atoms with E-state index in [1.807, 2.05) is 0 Å². The van der Waals surface area contributed by atoms with Gasteiger partial charge in [-0.2, -0.15) is 0 Å². The summed E-state index contributed by atoms with van der Waals surface area (Å²) in [4.78, 5) is 0. The van der Waals surface area contributed by atoms with Gasteiger partial charge in [-0.05, 0) is 0 Å². The summed E-state index contributed by atoms with van der Waals surface area (Å²) in [7, 11) is 0. The fourth-order valence-electron chi connectivity index (χ4n) is 3.40. The molecule has 20 heavy (non-hydrogen) atoms. The van der Waals surface area contributed by atoms with Gasteiger partial charge < -0.3 is 0 Å². The second-order valence-corrected chi connectivity index (χ2v) is 16.0. The molecule has 0 atom stereocenters. The Morgan fingerprint density at radius 2 is 0.950 bits per heavy atom. The van der Waals surface area contributed by atoms with Crippen LogP contribution in [-0.2, 0) is 0 Å². The van der Waals surface area contributed by atoms with Crippen molar-refractivity contribution < 1.29 is 0 Å². The molecule has 0 fully saturated rings. The second kappa shape index (κ2) is 5.62. The molecule has 0 aliphatic carbocycles. The Kier molecular flexibility index (Phi) is 4.42. The summed E-state index contributed by atoms with van der Waals surface area (Å²) in [6.07, 6.45) is 0. The fraction of sp³-hybridized carbons (Fsp3) is 0.333. The number of hydrogen-bond donors (Lipinski definition) is 0. The van der Waals surface area contributed by atoms with Crippen LogP contribution in [0.2, 0.25) is 0 Å². The zero-order chi connectivity index (χ0) is 14.8. The summed E-state index contributed by atoms with van der Waals surface area (Å²) < 4.78 is 0. The zero-order valence-corrected chi connectivity index (χ0v) is 15.2. The molecule has 0 bridgehead atoms. The van der Waals surface area contributed by atoms with Crippen LogP contribution in [0.25, 0.3) is 0 Å². The Bertz CT molecular complexity index is 509. The van der Waals surface area contributed by atoms with Crippen LogP contribution in [-0.4, -0.2) is 11.3 Å². The Labute approximate surface area is 131 Å². The molecule has 0 aliphatic rings. The van der Waals surface area contributed by atoms with Gasteiger partial charge >= 0.3 is 131 Å². The maximum absolute atomic E-state index is 4.37. The first-order valence-electron chi connectivity index (χ1n) is 7.26. The van der Waals surface area contributed by atoms with Crippen LogP contribution in [0.1, 0.15) is 27.7 Å². The van der Waals surface area contributed by atoms with E-state index >= 15 is 0 Å². The van der Waals surface area contributed by atoms with E-state index in [1.54, 1.807) is 0 Å². The minimum atomic E-state index is -2.39. The quantitative estimate of drug-likeness (QED) is 0.654. The van der Waals surface area contributed by atoms with E-state index in [0.29, 0.717) is 11.3 Å². The molecule has 0 heterocycles. The zero-order valence-electron chi connectivity index (χ0n) is 12.8. The Hall–Kier alpha value is -0.650. The first kappa shape index (κ1) is 15.7. The van der Waals surface area contributed by atoms with E-state index < -0.39 is 5.31 Å². The van der Waals surface area contributed by atoms with Gasteiger partial charge in [0.25, 0.3) is 0 Å². The van der Waals surface area contributed by atoms with Crippen LogP contribution in [0.5, 0.6) is 0 Å². The summed E-state index contributed by atoms with van der Waals surface area (Å²) in [6, 6.07) is 22.0. The van der Waals surface area contributed by atoms with Crippen molar-refractivity contribution in [2.24, 2.45) is 0 Å². The Morgan fingerprint density at radius 1 is 0.650 bits per heavy atom. The predicted molar refractivity (Wildman–Crippen MR) is 98.3 cm³/mol. The summed E-state index contributed by atoms with van der Waals surface area (Å²) in [5.74, 6) is 0.